The number of nitroso groups, excluding NO2 is 1. The van der Waals surface area contributed by atoms with Crippen LogP contribution in [0.5, 0.6) is 0 Å². The molecule has 5 nitrogen and oxygen atoms in total. The first-order chi connectivity index (χ1) is 12.2. The van der Waals surface area contributed by atoms with E-state index in [1.807, 2.05) is 17.3 Å². The van der Waals surface area contributed by atoms with E-state index in [1.165, 1.54) is 0 Å². The van der Waals surface area contributed by atoms with Crippen molar-refractivity contribution in [2.75, 3.05) is 11.6 Å². The first kappa shape index (κ1) is 17.0. The number of benzene rings is 2. The lowest BCUT2D eigenvalue weighted by Gasteiger charge is -2.19. The number of nitrogens with zero attached hydrogens (tertiary/aromatic N) is 3. The normalized spacial score (nSPS) is 13.4. The van der Waals surface area contributed by atoms with Gasteiger partial charge in [-0.3, -0.25) is 5.01 Å². The Bertz CT molecular complexity index is 961. The summed E-state index contributed by atoms with van der Waals surface area (Å²) >= 11 is 5.94. The summed E-state index contributed by atoms with van der Waals surface area (Å²) in [6.45, 7) is 2.98. The number of halogens is 1. The molecule has 0 amide bonds. The zero-order valence-electron chi connectivity index (χ0n) is 13.8. The number of nitriles is 1. The Morgan fingerprint density at radius 1 is 1.28 bits per heavy atom. The molecule has 25 heavy (non-hydrogen) atoms. The number of nitrogens with one attached hydrogen (secondary N) is 1. The van der Waals surface area contributed by atoms with Crippen LogP contribution in [-0.4, -0.2) is 6.54 Å². The minimum Gasteiger partial charge on any atom is -0.305 e. The van der Waals surface area contributed by atoms with Crippen LogP contribution in [0.2, 0.25) is 5.02 Å². The summed E-state index contributed by atoms with van der Waals surface area (Å²) in [7, 11) is 0. The molecule has 0 bridgehead atoms. The van der Waals surface area contributed by atoms with Gasteiger partial charge in [0.25, 0.3) is 0 Å². The van der Waals surface area contributed by atoms with Crippen molar-refractivity contribution in [3.63, 3.8) is 0 Å². The van der Waals surface area contributed by atoms with E-state index < -0.39 is 0 Å². The highest BCUT2D eigenvalue weighted by Gasteiger charge is 2.17. The van der Waals surface area contributed by atoms with Crippen LogP contribution in [0.3, 0.4) is 0 Å². The van der Waals surface area contributed by atoms with Crippen LogP contribution >= 0.6 is 11.6 Å². The predicted octanol–water partition coefficient (Wildman–Crippen LogP) is 3.32. The maximum Gasteiger partial charge on any atom is 0.117 e. The Kier molecular flexibility index (Phi) is 5.01. The van der Waals surface area contributed by atoms with E-state index in [2.05, 4.69) is 23.6 Å². The van der Waals surface area contributed by atoms with Crippen molar-refractivity contribution in [1.29, 1.82) is 5.26 Å². The number of fused-ring (bicyclic) bond motifs is 1. The molecule has 1 N–H and O–H groups in total. The second kappa shape index (κ2) is 7.37. The standard InChI is InChI=1S/C19H17ClN4O/c1-2-3-10-24-18-9-8-17(23-25)19(16(18)12-22-24)15(11-21)13-4-6-14(20)7-5-13/h4-9,12,22H,2-3,10H2,1H3/b19-15-. The highest BCUT2D eigenvalue weighted by Crippen LogP contribution is 2.19. The minimum absolute atomic E-state index is 0.251. The SMILES string of the molecule is CCCCN1NC=c2c1ccc(N=O)/c2=C(/C#N)c1ccc(Cl)cc1. The molecule has 0 aromatic heterocycles. The van der Waals surface area contributed by atoms with Gasteiger partial charge in [0.05, 0.1) is 11.3 Å². The average Bonchev–Trinajstić information content (AvgIpc) is 3.05. The molecule has 0 fully saturated rings. The number of hydrazine groups is 1. The molecule has 0 spiro atoms. The fourth-order valence-corrected chi connectivity index (χ4v) is 3.04. The molecule has 0 atom stereocenters. The van der Waals surface area contributed by atoms with Crippen molar-refractivity contribution in [3.05, 3.63) is 62.3 Å². The summed E-state index contributed by atoms with van der Waals surface area (Å²) in [6, 6.07) is 12.7. The van der Waals surface area contributed by atoms with Gasteiger partial charge in [0, 0.05) is 28.2 Å². The number of rotatable bonds is 5. The smallest absolute Gasteiger partial charge is 0.117 e. The lowest BCUT2D eigenvalue weighted by molar-refractivity contribution is 0.702. The molecule has 6 heteroatoms. The van der Waals surface area contributed by atoms with Gasteiger partial charge in [-0.15, -0.1) is 4.91 Å². The Balaban J connectivity index is 2.28. The van der Waals surface area contributed by atoms with E-state index in [9.17, 15) is 10.2 Å². The van der Waals surface area contributed by atoms with Crippen LogP contribution in [0.4, 0.5) is 11.4 Å². The van der Waals surface area contributed by atoms with Crippen LogP contribution in [0.1, 0.15) is 25.3 Å². The van der Waals surface area contributed by atoms with Crippen molar-refractivity contribution in [3.8, 4) is 6.07 Å². The highest BCUT2D eigenvalue weighted by molar-refractivity contribution is 6.30. The molecule has 126 valence electrons. The molecule has 0 saturated carbocycles. The summed E-state index contributed by atoms with van der Waals surface area (Å²) in [5.41, 5.74) is 5.50. The lowest BCUT2D eigenvalue weighted by atomic mass is 10.0. The van der Waals surface area contributed by atoms with Crippen LogP contribution < -0.4 is 20.9 Å². The fourth-order valence-electron chi connectivity index (χ4n) is 2.91. The molecule has 0 saturated heterocycles. The van der Waals surface area contributed by atoms with E-state index >= 15 is 0 Å². The van der Waals surface area contributed by atoms with Crippen LogP contribution in [0, 0.1) is 16.2 Å². The highest BCUT2D eigenvalue weighted by atomic mass is 35.5. The van der Waals surface area contributed by atoms with E-state index in [4.69, 9.17) is 11.6 Å². The third-order valence-electron chi connectivity index (χ3n) is 4.18. The van der Waals surface area contributed by atoms with Crippen molar-refractivity contribution in [2.24, 2.45) is 5.18 Å². The molecule has 0 unspecified atom stereocenters. The monoisotopic (exact) mass is 352 g/mol. The zero-order valence-corrected chi connectivity index (χ0v) is 14.5. The molecule has 1 aliphatic rings. The van der Waals surface area contributed by atoms with E-state index in [1.54, 1.807) is 30.3 Å². The molecule has 1 heterocycles. The van der Waals surface area contributed by atoms with E-state index in [-0.39, 0.29) is 5.69 Å². The molecule has 0 radical (unpaired) electrons. The van der Waals surface area contributed by atoms with E-state index in [0.717, 1.165) is 30.3 Å². The lowest BCUT2D eigenvalue weighted by Crippen LogP contribution is -2.33. The summed E-state index contributed by atoms with van der Waals surface area (Å²) < 4.78 is 0. The van der Waals surface area contributed by atoms with Gasteiger partial charge in [0.2, 0.25) is 0 Å². The van der Waals surface area contributed by atoms with Crippen molar-refractivity contribution >= 4 is 34.7 Å². The Morgan fingerprint density at radius 2 is 2.04 bits per heavy atom. The summed E-state index contributed by atoms with van der Waals surface area (Å²) in [5, 5.41) is 16.8. The van der Waals surface area contributed by atoms with Gasteiger partial charge in [-0.05, 0) is 41.4 Å². The van der Waals surface area contributed by atoms with Gasteiger partial charge in [-0.2, -0.15) is 5.26 Å². The average molecular weight is 353 g/mol. The third kappa shape index (κ3) is 3.21. The zero-order chi connectivity index (χ0) is 17.8. The second-order valence-electron chi connectivity index (χ2n) is 5.76. The first-order valence-electron chi connectivity index (χ1n) is 8.10. The quantitative estimate of drug-likeness (QED) is 0.838. The molecular weight excluding hydrogens is 336 g/mol. The van der Waals surface area contributed by atoms with Crippen molar-refractivity contribution in [2.45, 2.75) is 19.8 Å². The summed E-state index contributed by atoms with van der Waals surface area (Å²) in [4.78, 5) is 11.3. The molecular formula is C19H17ClN4O. The van der Waals surface area contributed by atoms with E-state index in [0.29, 0.717) is 21.4 Å². The number of hydrogen-bond acceptors (Lipinski definition) is 5. The first-order valence-corrected chi connectivity index (χ1v) is 8.48. The van der Waals surface area contributed by atoms with Gasteiger partial charge in [0.15, 0.2) is 0 Å². The summed E-state index contributed by atoms with van der Waals surface area (Å²) in [5.74, 6) is 0. The minimum atomic E-state index is 0.251. The molecule has 3 rings (SSSR count). The predicted molar refractivity (Wildman–Crippen MR) is 101 cm³/mol. The number of hydrogen-bond donors (Lipinski definition) is 1. The van der Waals surface area contributed by atoms with Crippen LogP contribution in [0.15, 0.2) is 41.6 Å². The van der Waals surface area contributed by atoms with Crippen molar-refractivity contribution < 1.29 is 0 Å². The van der Waals surface area contributed by atoms with Crippen LogP contribution in [0.25, 0.3) is 11.8 Å². The van der Waals surface area contributed by atoms with Gasteiger partial charge in [0.1, 0.15) is 11.8 Å². The van der Waals surface area contributed by atoms with Crippen molar-refractivity contribution in [1.82, 2.24) is 5.43 Å². The maximum absolute atomic E-state index is 11.3. The molecule has 2 aromatic carbocycles. The molecule has 1 aliphatic heterocycles. The topological polar surface area (TPSA) is 68.5 Å². The maximum atomic E-state index is 11.3. The Hall–Kier alpha value is -2.84. The van der Waals surface area contributed by atoms with Crippen LogP contribution in [-0.2, 0) is 0 Å². The Labute approximate surface area is 150 Å². The number of unbranched alkanes of at least 4 members (excludes halogenated alkanes) is 1. The fraction of sp³-hybridized carbons (Fsp3) is 0.211. The second-order valence-corrected chi connectivity index (χ2v) is 6.19. The van der Waals surface area contributed by atoms with Gasteiger partial charge >= 0.3 is 0 Å². The molecule has 0 aliphatic carbocycles. The van der Waals surface area contributed by atoms with Gasteiger partial charge in [-0.25, -0.2) is 0 Å². The van der Waals surface area contributed by atoms with Gasteiger partial charge in [-0.1, -0.05) is 37.1 Å². The third-order valence-corrected chi connectivity index (χ3v) is 4.44. The Morgan fingerprint density at radius 3 is 2.68 bits per heavy atom. The largest absolute Gasteiger partial charge is 0.305 e. The summed E-state index contributed by atoms with van der Waals surface area (Å²) in [6.07, 6.45) is 3.94. The number of anilines is 1. The molecule has 2 aromatic rings. The van der Waals surface area contributed by atoms with Gasteiger partial charge < -0.3 is 5.43 Å².